The molecule has 1 aromatic rings. The van der Waals surface area contributed by atoms with Crippen molar-refractivity contribution in [3.05, 3.63) is 29.8 Å². The zero-order valence-electron chi connectivity index (χ0n) is 13.7. The average molecular weight is 337 g/mol. The number of carboxylic acids is 1. The third-order valence-corrected chi connectivity index (χ3v) is 3.63. The Bertz CT molecular complexity index is 562. The van der Waals surface area contributed by atoms with Crippen molar-refractivity contribution in [3.8, 4) is 0 Å². The monoisotopic (exact) mass is 337 g/mol. The highest BCUT2D eigenvalue weighted by molar-refractivity contribution is 5.94. The summed E-state index contributed by atoms with van der Waals surface area (Å²) in [6.45, 7) is 4.08. The number of carbonyl (C=O) groups excluding carboxylic acids is 1. The van der Waals surface area contributed by atoms with Gasteiger partial charge in [0.1, 0.15) is 6.10 Å². The summed E-state index contributed by atoms with van der Waals surface area (Å²) in [5.41, 5.74) is 1.56. The largest absolute Gasteiger partial charge is 0.479 e. The first-order valence-corrected chi connectivity index (χ1v) is 8.03. The maximum absolute atomic E-state index is 12.1. The summed E-state index contributed by atoms with van der Waals surface area (Å²) in [4.78, 5) is 23.0. The molecule has 1 aliphatic heterocycles. The Hall–Kier alpha value is -1.96. The molecule has 0 unspecified atom stereocenters. The first-order chi connectivity index (χ1) is 11.6. The summed E-state index contributed by atoms with van der Waals surface area (Å²) in [5.74, 6) is -1.36. The lowest BCUT2D eigenvalue weighted by atomic mass is 10.1. The minimum Gasteiger partial charge on any atom is -0.479 e. The van der Waals surface area contributed by atoms with Gasteiger partial charge in [-0.15, -0.1) is 0 Å². The lowest BCUT2D eigenvalue weighted by Gasteiger charge is -2.12. The van der Waals surface area contributed by atoms with Gasteiger partial charge in [0, 0.05) is 12.3 Å². The van der Waals surface area contributed by atoms with Crippen LogP contribution in [0.1, 0.15) is 25.3 Å². The Morgan fingerprint density at radius 3 is 2.71 bits per heavy atom. The first kappa shape index (κ1) is 18.4. The van der Waals surface area contributed by atoms with Crippen molar-refractivity contribution in [3.63, 3.8) is 0 Å². The van der Waals surface area contributed by atoms with Gasteiger partial charge in [-0.2, -0.15) is 0 Å². The predicted octanol–water partition coefficient (Wildman–Crippen LogP) is 1.81. The summed E-state index contributed by atoms with van der Waals surface area (Å²) in [6.07, 6.45) is -0.868. The van der Waals surface area contributed by atoms with E-state index in [9.17, 15) is 9.59 Å². The fourth-order valence-corrected chi connectivity index (χ4v) is 2.43. The van der Waals surface area contributed by atoms with Gasteiger partial charge in [-0.3, -0.25) is 4.79 Å². The summed E-state index contributed by atoms with van der Waals surface area (Å²) < 4.78 is 15.9. The molecule has 0 saturated carbocycles. The van der Waals surface area contributed by atoms with Crippen molar-refractivity contribution in [2.45, 2.75) is 38.6 Å². The molecule has 2 rings (SSSR count). The van der Waals surface area contributed by atoms with Crippen molar-refractivity contribution < 1.29 is 28.9 Å². The van der Waals surface area contributed by atoms with Crippen LogP contribution in [-0.4, -0.2) is 49.0 Å². The van der Waals surface area contributed by atoms with Gasteiger partial charge in [-0.25, -0.2) is 4.79 Å². The highest BCUT2D eigenvalue weighted by atomic mass is 16.5. The molecule has 1 saturated heterocycles. The fourth-order valence-electron chi connectivity index (χ4n) is 2.43. The Labute approximate surface area is 140 Å². The molecule has 7 heteroatoms. The summed E-state index contributed by atoms with van der Waals surface area (Å²) in [5, 5.41) is 11.7. The number of benzene rings is 1. The van der Waals surface area contributed by atoms with Gasteiger partial charge < -0.3 is 24.6 Å². The van der Waals surface area contributed by atoms with Gasteiger partial charge in [0.15, 0.2) is 6.10 Å². The normalized spacial score (nSPS) is 20.0. The third-order valence-electron chi connectivity index (χ3n) is 3.63. The van der Waals surface area contributed by atoms with Gasteiger partial charge in [-0.05, 0) is 37.5 Å². The topological polar surface area (TPSA) is 94.1 Å². The molecule has 1 aliphatic rings. The second kappa shape index (κ2) is 9.36. The van der Waals surface area contributed by atoms with Crippen LogP contribution in [0, 0.1) is 0 Å². The molecule has 2 atom stereocenters. The Morgan fingerprint density at radius 1 is 1.25 bits per heavy atom. The molecule has 1 fully saturated rings. The van der Waals surface area contributed by atoms with E-state index in [0.717, 1.165) is 5.56 Å². The third kappa shape index (κ3) is 5.59. The van der Waals surface area contributed by atoms with Crippen molar-refractivity contribution in [2.75, 3.05) is 25.1 Å². The van der Waals surface area contributed by atoms with Crippen LogP contribution < -0.4 is 5.32 Å². The van der Waals surface area contributed by atoms with E-state index < -0.39 is 18.2 Å². The number of amides is 1. The number of aliphatic carboxylic acids is 1. The van der Waals surface area contributed by atoms with Crippen molar-refractivity contribution in [1.29, 1.82) is 0 Å². The highest BCUT2D eigenvalue weighted by Gasteiger charge is 2.34. The van der Waals surface area contributed by atoms with Gasteiger partial charge in [-0.1, -0.05) is 12.1 Å². The summed E-state index contributed by atoms with van der Waals surface area (Å²) in [7, 11) is 0. The SMILES string of the molecule is CCOCCOCc1cccc(NC(=O)[C@@H]2CC[C@H](C(=O)O)O2)c1. The smallest absolute Gasteiger partial charge is 0.332 e. The summed E-state index contributed by atoms with van der Waals surface area (Å²) >= 11 is 0. The maximum atomic E-state index is 12.1. The number of carbonyl (C=O) groups is 2. The van der Waals surface area contributed by atoms with Crippen LogP contribution in [0.5, 0.6) is 0 Å². The molecule has 1 amide bonds. The molecule has 0 aromatic heterocycles. The molecule has 0 bridgehead atoms. The van der Waals surface area contributed by atoms with E-state index in [1.165, 1.54) is 0 Å². The van der Waals surface area contributed by atoms with Crippen LogP contribution in [0.3, 0.4) is 0 Å². The molecule has 7 nitrogen and oxygen atoms in total. The Kier molecular flexibility index (Phi) is 7.17. The van der Waals surface area contributed by atoms with E-state index in [1.54, 1.807) is 6.07 Å². The molecule has 0 radical (unpaired) electrons. The predicted molar refractivity (Wildman–Crippen MR) is 86.8 cm³/mol. The number of hydrogen-bond acceptors (Lipinski definition) is 5. The van der Waals surface area contributed by atoms with Crippen LogP contribution in [-0.2, 0) is 30.4 Å². The van der Waals surface area contributed by atoms with E-state index in [2.05, 4.69) is 5.32 Å². The van der Waals surface area contributed by atoms with E-state index >= 15 is 0 Å². The molecule has 2 N–H and O–H groups in total. The Balaban J connectivity index is 1.81. The number of rotatable bonds is 9. The van der Waals surface area contributed by atoms with Crippen molar-refractivity contribution in [1.82, 2.24) is 0 Å². The Morgan fingerprint density at radius 2 is 2.00 bits per heavy atom. The lowest BCUT2D eigenvalue weighted by molar-refractivity contribution is -0.150. The van der Waals surface area contributed by atoms with Crippen LogP contribution in [0.25, 0.3) is 0 Å². The number of ether oxygens (including phenoxy) is 3. The van der Waals surface area contributed by atoms with Crippen molar-refractivity contribution in [2.24, 2.45) is 0 Å². The summed E-state index contributed by atoms with van der Waals surface area (Å²) in [6, 6.07) is 7.32. The maximum Gasteiger partial charge on any atom is 0.332 e. The van der Waals surface area contributed by atoms with Crippen LogP contribution in [0.2, 0.25) is 0 Å². The zero-order valence-corrected chi connectivity index (χ0v) is 13.7. The fraction of sp³-hybridized carbons (Fsp3) is 0.529. The second-order valence-electron chi connectivity index (χ2n) is 5.47. The van der Waals surface area contributed by atoms with E-state index in [1.807, 2.05) is 25.1 Å². The quantitative estimate of drug-likeness (QED) is 0.668. The van der Waals surface area contributed by atoms with Gasteiger partial charge in [0.25, 0.3) is 5.91 Å². The highest BCUT2D eigenvalue weighted by Crippen LogP contribution is 2.21. The number of anilines is 1. The number of nitrogens with one attached hydrogen (secondary N) is 1. The van der Waals surface area contributed by atoms with E-state index in [0.29, 0.717) is 45.0 Å². The number of carboxylic acid groups (broad SMARTS) is 1. The zero-order chi connectivity index (χ0) is 17.4. The van der Waals surface area contributed by atoms with Crippen LogP contribution in [0.15, 0.2) is 24.3 Å². The first-order valence-electron chi connectivity index (χ1n) is 8.03. The average Bonchev–Trinajstić information content (AvgIpc) is 3.05. The molecule has 0 spiro atoms. The van der Waals surface area contributed by atoms with Gasteiger partial charge >= 0.3 is 5.97 Å². The standard InChI is InChI=1S/C17H23NO6/c1-2-22-8-9-23-11-12-4-3-5-13(10-12)18-16(19)14-6-7-15(24-14)17(20)21/h3-5,10,14-15H,2,6-9,11H2,1H3,(H,18,19)(H,20,21)/t14-,15+/m0/s1. The minimum atomic E-state index is -1.03. The van der Waals surface area contributed by atoms with Crippen LogP contribution in [0.4, 0.5) is 5.69 Å². The van der Waals surface area contributed by atoms with E-state index in [4.69, 9.17) is 19.3 Å². The molecule has 1 heterocycles. The molecular formula is C17H23NO6. The minimum absolute atomic E-state index is 0.326. The van der Waals surface area contributed by atoms with E-state index in [-0.39, 0.29) is 5.91 Å². The van der Waals surface area contributed by atoms with Gasteiger partial charge in [0.05, 0.1) is 19.8 Å². The molecular weight excluding hydrogens is 314 g/mol. The molecule has 0 aliphatic carbocycles. The molecule has 1 aromatic carbocycles. The van der Waals surface area contributed by atoms with Crippen molar-refractivity contribution >= 4 is 17.6 Å². The van der Waals surface area contributed by atoms with Crippen LogP contribution >= 0.6 is 0 Å². The number of hydrogen-bond donors (Lipinski definition) is 2. The molecule has 132 valence electrons. The second-order valence-corrected chi connectivity index (χ2v) is 5.47. The lowest BCUT2D eigenvalue weighted by Crippen LogP contribution is -2.29. The molecule has 24 heavy (non-hydrogen) atoms. The van der Waals surface area contributed by atoms with Gasteiger partial charge in [0.2, 0.25) is 0 Å².